The van der Waals surface area contributed by atoms with Crippen molar-refractivity contribution in [3.05, 3.63) is 0 Å². The average Bonchev–Trinajstić information content (AvgIpc) is 2.85. The van der Waals surface area contributed by atoms with Crippen molar-refractivity contribution in [1.82, 2.24) is 0 Å². The molecule has 70 valence electrons. The maximum Gasteiger partial charge on any atom is 0.141 e. The second kappa shape index (κ2) is 3.45. The lowest BCUT2D eigenvalue weighted by molar-refractivity contribution is -0.199. The third-order valence-corrected chi connectivity index (χ3v) is 3.49. The van der Waals surface area contributed by atoms with Crippen molar-refractivity contribution in [2.75, 3.05) is 19.8 Å². The highest BCUT2D eigenvalue weighted by Gasteiger charge is 2.32. The smallest absolute Gasteiger partial charge is 0.141 e. The molecule has 0 aromatic rings. The fourth-order valence-corrected chi connectivity index (χ4v) is 2.18. The highest BCUT2D eigenvalue weighted by Crippen LogP contribution is 2.24. The second-order valence-electron chi connectivity index (χ2n) is 3.71. The maximum atomic E-state index is 5.71. The van der Waals surface area contributed by atoms with Crippen LogP contribution < -0.4 is 0 Å². The molecule has 0 aromatic heterocycles. The van der Waals surface area contributed by atoms with E-state index in [0.29, 0.717) is 6.10 Å². The number of hydrogen-bond donors (Lipinski definition) is 0. The molecule has 2 aliphatic rings. The summed E-state index contributed by atoms with van der Waals surface area (Å²) in [6, 6.07) is 0. The summed E-state index contributed by atoms with van der Waals surface area (Å²) in [5, 5.41) is 0. The van der Waals surface area contributed by atoms with Crippen LogP contribution in [0.1, 0.15) is 19.3 Å². The van der Waals surface area contributed by atoms with Gasteiger partial charge in [0.1, 0.15) is 11.5 Å². The Hall–Kier alpha value is 0.0969. The predicted molar refractivity (Wildman–Crippen MR) is 48.2 cm³/mol. The number of hydrogen-bond acceptors (Lipinski definition) is 3. The van der Waals surface area contributed by atoms with E-state index < -0.39 is 0 Å². The molecule has 0 bridgehead atoms. The van der Waals surface area contributed by atoms with E-state index in [1.54, 1.807) is 0 Å². The van der Waals surface area contributed by atoms with Gasteiger partial charge in [-0.25, -0.2) is 0 Å². The highest BCUT2D eigenvalue weighted by atomic mass is 28.1. The molecule has 2 saturated heterocycles. The third kappa shape index (κ3) is 2.29. The Labute approximate surface area is 75.8 Å². The van der Waals surface area contributed by atoms with Gasteiger partial charge < -0.3 is 14.2 Å². The van der Waals surface area contributed by atoms with Crippen LogP contribution in [0.3, 0.4) is 0 Å². The quantitative estimate of drug-likeness (QED) is 0.447. The van der Waals surface area contributed by atoms with Crippen molar-refractivity contribution in [3.8, 4) is 0 Å². The van der Waals surface area contributed by atoms with Crippen LogP contribution in [-0.4, -0.2) is 41.6 Å². The van der Waals surface area contributed by atoms with Crippen LogP contribution in [0, 0.1) is 0 Å². The van der Waals surface area contributed by atoms with E-state index in [9.17, 15) is 0 Å². The molecule has 0 saturated carbocycles. The Bertz CT molecular complexity index is 152. The largest absolute Gasteiger partial charge is 0.371 e. The predicted octanol–water partition coefficient (Wildman–Crippen LogP) is -0.379. The molecular weight excluding hydrogens is 172 g/mol. The third-order valence-electron chi connectivity index (χ3n) is 2.41. The zero-order valence-electron chi connectivity index (χ0n) is 7.54. The van der Waals surface area contributed by atoms with Crippen LogP contribution in [0.2, 0.25) is 0 Å². The summed E-state index contributed by atoms with van der Waals surface area (Å²) < 4.78 is 16.4. The molecule has 0 spiro atoms. The monoisotopic (exact) mass is 188 g/mol. The molecule has 2 atom stereocenters. The summed E-state index contributed by atoms with van der Waals surface area (Å²) >= 11 is 0. The standard InChI is InChI=1S/C8H16O3Si/c12-8(3-1-2-4-10-8)11-6-7-5-9-7/h7H,1-6H2,12H3. The van der Waals surface area contributed by atoms with Gasteiger partial charge in [-0.1, -0.05) is 0 Å². The van der Waals surface area contributed by atoms with Gasteiger partial charge in [0.05, 0.1) is 23.5 Å². The lowest BCUT2D eigenvalue weighted by Gasteiger charge is -2.33. The van der Waals surface area contributed by atoms with Gasteiger partial charge in [-0.2, -0.15) is 0 Å². The van der Waals surface area contributed by atoms with Crippen LogP contribution in [0.5, 0.6) is 0 Å². The molecule has 0 N–H and O–H groups in total. The minimum Gasteiger partial charge on any atom is -0.371 e. The van der Waals surface area contributed by atoms with Crippen molar-refractivity contribution >= 4 is 10.2 Å². The lowest BCUT2D eigenvalue weighted by Crippen LogP contribution is -2.40. The molecule has 2 heterocycles. The van der Waals surface area contributed by atoms with Crippen LogP contribution in [0.15, 0.2) is 0 Å². The summed E-state index contributed by atoms with van der Waals surface area (Å²) in [6.45, 7) is 2.47. The number of rotatable bonds is 3. The van der Waals surface area contributed by atoms with Gasteiger partial charge in [-0.05, 0) is 19.3 Å². The topological polar surface area (TPSA) is 31.0 Å². The van der Waals surface area contributed by atoms with Crippen molar-refractivity contribution in [2.45, 2.75) is 30.8 Å². The van der Waals surface area contributed by atoms with E-state index in [0.717, 1.165) is 36.5 Å². The normalized spacial score (nSPS) is 41.5. The summed E-state index contributed by atoms with van der Waals surface area (Å²) in [6.07, 6.45) is 3.87. The Morgan fingerprint density at radius 1 is 1.50 bits per heavy atom. The molecule has 2 unspecified atom stereocenters. The average molecular weight is 188 g/mol. The van der Waals surface area contributed by atoms with Gasteiger partial charge in [0, 0.05) is 6.61 Å². The Morgan fingerprint density at radius 3 is 2.92 bits per heavy atom. The van der Waals surface area contributed by atoms with E-state index in [4.69, 9.17) is 14.2 Å². The zero-order valence-corrected chi connectivity index (χ0v) is 9.54. The van der Waals surface area contributed by atoms with Crippen molar-refractivity contribution in [2.24, 2.45) is 0 Å². The van der Waals surface area contributed by atoms with E-state index in [2.05, 4.69) is 0 Å². The van der Waals surface area contributed by atoms with Crippen molar-refractivity contribution in [1.29, 1.82) is 0 Å². The molecular formula is C8H16O3Si. The summed E-state index contributed by atoms with van der Waals surface area (Å²) in [5.41, 5.74) is -0.190. The number of epoxide rings is 1. The SMILES string of the molecule is [SiH3]C1(OCC2CO2)CCCCO1. The van der Waals surface area contributed by atoms with Gasteiger partial charge in [0.2, 0.25) is 0 Å². The molecule has 3 nitrogen and oxygen atoms in total. The van der Waals surface area contributed by atoms with Gasteiger partial charge in [0.25, 0.3) is 0 Å². The zero-order chi connectivity index (χ0) is 8.44. The molecule has 2 rings (SSSR count). The minimum atomic E-state index is -0.190. The summed E-state index contributed by atoms with van der Waals surface area (Å²) in [4.78, 5) is 0. The molecule has 0 amide bonds. The fourth-order valence-electron chi connectivity index (χ4n) is 1.46. The lowest BCUT2D eigenvalue weighted by atomic mass is 10.2. The Kier molecular flexibility index (Phi) is 2.50. The minimum absolute atomic E-state index is 0.190. The first-order valence-corrected chi connectivity index (χ1v) is 5.68. The van der Waals surface area contributed by atoms with Crippen molar-refractivity contribution in [3.63, 3.8) is 0 Å². The van der Waals surface area contributed by atoms with E-state index in [-0.39, 0.29) is 5.41 Å². The van der Waals surface area contributed by atoms with Crippen LogP contribution in [0.4, 0.5) is 0 Å². The molecule has 2 fully saturated rings. The Morgan fingerprint density at radius 2 is 2.33 bits per heavy atom. The van der Waals surface area contributed by atoms with E-state index >= 15 is 0 Å². The molecule has 4 heteroatoms. The van der Waals surface area contributed by atoms with Crippen molar-refractivity contribution < 1.29 is 14.2 Å². The first-order chi connectivity index (χ1) is 5.79. The summed E-state index contributed by atoms with van der Waals surface area (Å²) in [7, 11) is 0.963. The van der Waals surface area contributed by atoms with E-state index in [1.165, 1.54) is 12.8 Å². The molecule has 0 radical (unpaired) electrons. The molecule has 0 aliphatic carbocycles. The van der Waals surface area contributed by atoms with Gasteiger partial charge in [-0.15, -0.1) is 0 Å². The Balaban J connectivity index is 1.73. The first kappa shape index (κ1) is 8.68. The van der Waals surface area contributed by atoms with Gasteiger partial charge in [-0.3, -0.25) is 0 Å². The number of ether oxygens (including phenoxy) is 3. The molecule has 12 heavy (non-hydrogen) atoms. The fraction of sp³-hybridized carbons (Fsp3) is 1.00. The van der Waals surface area contributed by atoms with Gasteiger partial charge >= 0.3 is 0 Å². The van der Waals surface area contributed by atoms with Crippen LogP contribution >= 0.6 is 0 Å². The molecule has 2 aliphatic heterocycles. The first-order valence-electron chi connectivity index (χ1n) is 4.68. The maximum absolute atomic E-state index is 5.71. The van der Waals surface area contributed by atoms with Crippen LogP contribution in [0.25, 0.3) is 0 Å². The van der Waals surface area contributed by atoms with E-state index in [1.807, 2.05) is 0 Å². The van der Waals surface area contributed by atoms with Crippen LogP contribution in [-0.2, 0) is 14.2 Å². The van der Waals surface area contributed by atoms with Gasteiger partial charge in [0.15, 0.2) is 0 Å². The summed E-state index contributed by atoms with van der Waals surface area (Å²) in [5.74, 6) is 0. The second-order valence-corrected chi connectivity index (χ2v) is 5.23. The molecule has 0 aromatic carbocycles. The highest BCUT2D eigenvalue weighted by molar-refractivity contribution is 6.13.